The molecule has 2 heterocycles. The Hall–Kier alpha value is -3.07. The van der Waals surface area contributed by atoms with Crippen LogP contribution in [0.4, 0.5) is 5.95 Å². The van der Waals surface area contributed by atoms with Crippen molar-refractivity contribution in [1.29, 1.82) is 0 Å². The standard InChI is InChI=1S/C24H25Cl2N5O3/c1-29-21-20(22(32)31(24(29)33)15-17-9-4-6-11-19(17)26)30(14-16-8-3-5-10-18(16)25)23(28-21)27-12-7-13-34-2/h3-6,8-11H,7,12-15H2,1-2H3,(H,27,28). The van der Waals surface area contributed by atoms with Gasteiger partial charge in [0.1, 0.15) is 0 Å². The summed E-state index contributed by atoms with van der Waals surface area (Å²) in [4.78, 5) is 31.4. The molecule has 0 amide bonds. The maximum absolute atomic E-state index is 13.7. The fourth-order valence-electron chi connectivity index (χ4n) is 3.81. The number of hydrogen-bond acceptors (Lipinski definition) is 5. The van der Waals surface area contributed by atoms with Crippen LogP contribution in [0.25, 0.3) is 11.2 Å². The molecule has 8 nitrogen and oxygen atoms in total. The third-order valence-corrected chi connectivity index (χ3v) is 6.35. The monoisotopic (exact) mass is 501 g/mol. The summed E-state index contributed by atoms with van der Waals surface area (Å²) in [5.74, 6) is 0.480. The fraction of sp³-hybridized carbons (Fsp3) is 0.292. The van der Waals surface area contributed by atoms with Gasteiger partial charge in [-0.25, -0.2) is 4.79 Å². The van der Waals surface area contributed by atoms with Gasteiger partial charge in [0.25, 0.3) is 5.56 Å². The van der Waals surface area contributed by atoms with Crippen molar-refractivity contribution in [2.75, 3.05) is 25.6 Å². The molecule has 4 rings (SSSR count). The zero-order valence-electron chi connectivity index (χ0n) is 18.9. The molecule has 2 aromatic heterocycles. The van der Waals surface area contributed by atoms with E-state index in [2.05, 4.69) is 10.3 Å². The summed E-state index contributed by atoms with van der Waals surface area (Å²) in [7, 11) is 3.25. The van der Waals surface area contributed by atoms with Gasteiger partial charge in [-0.05, 0) is 29.7 Å². The summed E-state index contributed by atoms with van der Waals surface area (Å²) in [5, 5.41) is 4.34. The number of halogens is 2. The van der Waals surface area contributed by atoms with Crippen LogP contribution in [0.3, 0.4) is 0 Å². The van der Waals surface area contributed by atoms with E-state index in [1.54, 1.807) is 43.0 Å². The quantitative estimate of drug-likeness (QED) is 0.353. The smallest absolute Gasteiger partial charge is 0.332 e. The third-order valence-electron chi connectivity index (χ3n) is 5.61. The van der Waals surface area contributed by atoms with Gasteiger partial charge in [0, 0.05) is 37.4 Å². The Morgan fingerprint density at radius 3 is 2.12 bits per heavy atom. The molecule has 0 fully saturated rings. The Kier molecular flexibility index (Phi) is 7.41. The van der Waals surface area contributed by atoms with Crippen LogP contribution in [0.15, 0.2) is 58.1 Å². The number of aryl methyl sites for hydroxylation is 1. The number of aromatic nitrogens is 4. The molecule has 0 radical (unpaired) electrons. The molecule has 10 heteroatoms. The minimum absolute atomic E-state index is 0.0506. The maximum Gasteiger partial charge on any atom is 0.332 e. The van der Waals surface area contributed by atoms with E-state index < -0.39 is 11.2 Å². The van der Waals surface area contributed by atoms with Crippen LogP contribution in [-0.2, 0) is 24.9 Å². The van der Waals surface area contributed by atoms with Crippen LogP contribution in [0.5, 0.6) is 0 Å². The number of imidazole rings is 1. The predicted molar refractivity (Wildman–Crippen MR) is 135 cm³/mol. The van der Waals surface area contributed by atoms with E-state index in [1.165, 1.54) is 9.13 Å². The van der Waals surface area contributed by atoms with Gasteiger partial charge in [-0.15, -0.1) is 0 Å². The molecule has 178 valence electrons. The van der Waals surface area contributed by atoms with Crippen molar-refractivity contribution in [1.82, 2.24) is 18.7 Å². The lowest BCUT2D eigenvalue weighted by Gasteiger charge is -2.13. The van der Waals surface area contributed by atoms with E-state index in [0.717, 1.165) is 12.0 Å². The molecule has 0 atom stereocenters. The zero-order chi connectivity index (χ0) is 24.2. The van der Waals surface area contributed by atoms with Gasteiger partial charge in [0.05, 0.1) is 13.1 Å². The summed E-state index contributed by atoms with van der Waals surface area (Å²) in [6, 6.07) is 14.6. The molecule has 0 spiro atoms. The first kappa shape index (κ1) is 24.1. The Labute approximate surface area is 206 Å². The molecule has 34 heavy (non-hydrogen) atoms. The van der Waals surface area contributed by atoms with E-state index in [0.29, 0.717) is 52.4 Å². The van der Waals surface area contributed by atoms with E-state index in [-0.39, 0.29) is 6.54 Å². The number of anilines is 1. The van der Waals surface area contributed by atoms with Crippen LogP contribution in [-0.4, -0.2) is 38.9 Å². The van der Waals surface area contributed by atoms with E-state index in [1.807, 2.05) is 24.3 Å². The van der Waals surface area contributed by atoms with Gasteiger partial charge in [0.15, 0.2) is 11.2 Å². The number of nitrogens with zero attached hydrogens (tertiary/aromatic N) is 4. The summed E-state index contributed by atoms with van der Waals surface area (Å²) in [6.45, 7) is 1.53. The fourth-order valence-corrected chi connectivity index (χ4v) is 4.20. The average molecular weight is 502 g/mol. The number of nitrogens with one attached hydrogen (secondary N) is 1. The molecule has 0 bridgehead atoms. The summed E-state index contributed by atoms with van der Waals surface area (Å²) in [6.07, 6.45) is 0.751. The topological polar surface area (TPSA) is 83.1 Å². The maximum atomic E-state index is 13.7. The molecule has 0 aliphatic heterocycles. The number of benzene rings is 2. The van der Waals surface area contributed by atoms with Gasteiger partial charge in [-0.3, -0.25) is 18.5 Å². The minimum atomic E-state index is -0.467. The van der Waals surface area contributed by atoms with Crippen molar-refractivity contribution in [3.63, 3.8) is 0 Å². The summed E-state index contributed by atoms with van der Waals surface area (Å²) < 4.78 is 9.46. The Bertz CT molecular complexity index is 1440. The minimum Gasteiger partial charge on any atom is -0.385 e. The van der Waals surface area contributed by atoms with Crippen LogP contribution < -0.4 is 16.6 Å². The molecular formula is C24H25Cl2N5O3. The highest BCUT2D eigenvalue weighted by Crippen LogP contribution is 2.22. The molecule has 2 aromatic carbocycles. The Morgan fingerprint density at radius 2 is 1.53 bits per heavy atom. The van der Waals surface area contributed by atoms with Crippen LogP contribution in [0.1, 0.15) is 17.5 Å². The van der Waals surface area contributed by atoms with Crippen LogP contribution in [0.2, 0.25) is 10.0 Å². The second kappa shape index (κ2) is 10.5. The SMILES string of the molecule is COCCCNc1nc2c(c(=O)n(Cc3ccccc3Cl)c(=O)n2C)n1Cc1ccccc1Cl. The van der Waals surface area contributed by atoms with Crippen molar-refractivity contribution in [2.45, 2.75) is 19.5 Å². The molecule has 0 aliphatic rings. The zero-order valence-corrected chi connectivity index (χ0v) is 20.4. The third kappa shape index (κ3) is 4.75. The Balaban J connectivity index is 1.89. The molecule has 4 aromatic rings. The van der Waals surface area contributed by atoms with Gasteiger partial charge < -0.3 is 10.1 Å². The van der Waals surface area contributed by atoms with Crippen molar-refractivity contribution in [3.8, 4) is 0 Å². The highest BCUT2D eigenvalue weighted by Gasteiger charge is 2.21. The second-order valence-electron chi connectivity index (χ2n) is 7.88. The largest absolute Gasteiger partial charge is 0.385 e. The van der Waals surface area contributed by atoms with Crippen molar-refractivity contribution >= 4 is 40.3 Å². The van der Waals surface area contributed by atoms with Crippen molar-refractivity contribution in [3.05, 3.63) is 90.5 Å². The van der Waals surface area contributed by atoms with E-state index in [4.69, 9.17) is 27.9 Å². The van der Waals surface area contributed by atoms with Gasteiger partial charge in [-0.1, -0.05) is 59.6 Å². The number of rotatable bonds is 9. The molecule has 0 aliphatic carbocycles. The van der Waals surface area contributed by atoms with E-state index in [9.17, 15) is 9.59 Å². The van der Waals surface area contributed by atoms with Crippen molar-refractivity contribution in [2.24, 2.45) is 7.05 Å². The van der Waals surface area contributed by atoms with Gasteiger partial charge >= 0.3 is 5.69 Å². The highest BCUT2D eigenvalue weighted by atomic mass is 35.5. The van der Waals surface area contributed by atoms with Crippen molar-refractivity contribution < 1.29 is 4.74 Å². The van der Waals surface area contributed by atoms with Gasteiger partial charge in [0.2, 0.25) is 5.95 Å². The first-order valence-corrected chi connectivity index (χ1v) is 11.6. The summed E-state index contributed by atoms with van der Waals surface area (Å²) in [5.41, 5.74) is 1.20. The number of hydrogen-bond donors (Lipinski definition) is 1. The number of ether oxygens (including phenoxy) is 1. The summed E-state index contributed by atoms with van der Waals surface area (Å²) >= 11 is 12.7. The molecular weight excluding hydrogens is 477 g/mol. The molecule has 0 saturated heterocycles. The van der Waals surface area contributed by atoms with Crippen LogP contribution >= 0.6 is 23.2 Å². The Morgan fingerprint density at radius 1 is 0.941 bits per heavy atom. The van der Waals surface area contributed by atoms with Gasteiger partial charge in [-0.2, -0.15) is 4.98 Å². The lowest BCUT2D eigenvalue weighted by Crippen LogP contribution is -2.40. The number of fused-ring (bicyclic) bond motifs is 1. The molecule has 0 saturated carbocycles. The predicted octanol–water partition coefficient (Wildman–Crippen LogP) is 3.75. The normalized spacial score (nSPS) is 11.3. The lowest BCUT2D eigenvalue weighted by atomic mass is 10.2. The molecule has 1 N–H and O–H groups in total. The second-order valence-corrected chi connectivity index (χ2v) is 8.70. The first-order valence-electron chi connectivity index (χ1n) is 10.8. The highest BCUT2D eigenvalue weighted by molar-refractivity contribution is 6.31. The lowest BCUT2D eigenvalue weighted by molar-refractivity contribution is 0.197. The molecule has 0 unspecified atom stereocenters. The first-order chi connectivity index (χ1) is 16.4. The number of methoxy groups -OCH3 is 1. The average Bonchev–Trinajstić information content (AvgIpc) is 3.19. The van der Waals surface area contributed by atoms with Crippen LogP contribution in [0, 0.1) is 0 Å². The van der Waals surface area contributed by atoms with E-state index >= 15 is 0 Å².